The lowest BCUT2D eigenvalue weighted by atomic mass is 10.0. The highest BCUT2D eigenvalue weighted by Gasteiger charge is 2.18. The molecule has 1 saturated heterocycles. The van der Waals surface area contributed by atoms with Crippen LogP contribution in [0.15, 0.2) is 52.2 Å². The number of nitrogens with one attached hydrogen (secondary N) is 1. The van der Waals surface area contributed by atoms with Crippen LogP contribution in [0.1, 0.15) is 31.7 Å². The molecule has 1 fully saturated rings. The minimum Gasteiger partial charge on any atom is -0.303 e. The number of halogens is 1. The van der Waals surface area contributed by atoms with Gasteiger partial charge in [0.25, 0.3) is 0 Å². The summed E-state index contributed by atoms with van der Waals surface area (Å²) in [6, 6.07) is 12.2. The highest BCUT2D eigenvalue weighted by atomic mass is 35.5. The van der Waals surface area contributed by atoms with Gasteiger partial charge in [-0.1, -0.05) is 42.0 Å². The van der Waals surface area contributed by atoms with Crippen molar-refractivity contribution in [3.05, 3.63) is 62.7 Å². The van der Waals surface area contributed by atoms with Gasteiger partial charge in [-0.2, -0.15) is 0 Å². The van der Waals surface area contributed by atoms with Gasteiger partial charge in [0, 0.05) is 18.1 Å². The molecule has 32 heavy (non-hydrogen) atoms. The summed E-state index contributed by atoms with van der Waals surface area (Å²) in [6.45, 7) is 6.17. The number of thiazole rings is 1. The quantitative estimate of drug-likeness (QED) is 0.478. The van der Waals surface area contributed by atoms with E-state index in [1.165, 1.54) is 12.8 Å². The van der Waals surface area contributed by atoms with Gasteiger partial charge in [0.15, 0.2) is 0 Å². The summed E-state index contributed by atoms with van der Waals surface area (Å²) in [5.41, 5.74) is 1.69. The Hall–Kier alpha value is -1.71. The minimum absolute atomic E-state index is 0.117. The molecular weight excluding hydrogens is 466 g/mol. The summed E-state index contributed by atoms with van der Waals surface area (Å²) in [7, 11) is -3.62. The van der Waals surface area contributed by atoms with Crippen LogP contribution in [-0.2, 0) is 16.6 Å². The maximum Gasteiger partial charge on any atom is 0.308 e. The van der Waals surface area contributed by atoms with Crippen LogP contribution in [0.3, 0.4) is 0 Å². The van der Waals surface area contributed by atoms with Crippen LogP contribution in [0, 0.1) is 5.92 Å². The van der Waals surface area contributed by atoms with Crippen LogP contribution < -0.4 is 9.60 Å². The zero-order valence-corrected chi connectivity index (χ0v) is 20.5. The summed E-state index contributed by atoms with van der Waals surface area (Å²) in [4.78, 5) is 15.0. The molecule has 1 aromatic heterocycles. The van der Waals surface area contributed by atoms with Crippen LogP contribution in [0.5, 0.6) is 0 Å². The lowest BCUT2D eigenvalue weighted by molar-refractivity contribution is 0.182. The van der Waals surface area contributed by atoms with Crippen molar-refractivity contribution in [3.63, 3.8) is 0 Å². The van der Waals surface area contributed by atoms with E-state index in [-0.39, 0.29) is 9.77 Å². The molecule has 1 atom stereocenters. The van der Waals surface area contributed by atoms with Crippen LogP contribution in [0.25, 0.3) is 10.2 Å². The van der Waals surface area contributed by atoms with Crippen LogP contribution in [0.2, 0.25) is 5.02 Å². The summed E-state index contributed by atoms with van der Waals surface area (Å²) in [5.74, 6) is 0.714. The van der Waals surface area contributed by atoms with Gasteiger partial charge in [0.2, 0.25) is 10.0 Å². The van der Waals surface area contributed by atoms with Crippen molar-refractivity contribution in [2.45, 2.75) is 37.6 Å². The van der Waals surface area contributed by atoms with Gasteiger partial charge < -0.3 is 4.90 Å². The fourth-order valence-electron chi connectivity index (χ4n) is 4.22. The molecule has 0 radical (unpaired) electrons. The number of rotatable bonds is 8. The molecule has 4 rings (SSSR count). The number of benzene rings is 2. The third kappa shape index (κ3) is 5.61. The van der Waals surface area contributed by atoms with Crippen molar-refractivity contribution in [1.82, 2.24) is 14.2 Å². The maximum atomic E-state index is 12.8. The molecule has 0 aliphatic carbocycles. The first-order valence-electron chi connectivity index (χ1n) is 10.9. The molecular formula is C23H28ClN3O3S2. The second-order valence-corrected chi connectivity index (χ2v) is 11.7. The topological polar surface area (TPSA) is 71.4 Å². The van der Waals surface area contributed by atoms with Crippen molar-refractivity contribution in [3.8, 4) is 0 Å². The average Bonchev–Trinajstić information content (AvgIpc) is 3.07. The predicted molar refractivity (Wildman–Crippen MR) is 131 cm³/mol. The smallest absolute Gasteiger partial charge is 0.303 e. The lowest BCUT2D eigenvalue weighted by Crippen LogP contribution is -2.36. The van der Waals surface area contributed by atoms with Gasteiger partial charge in [-0.15, -0.1) is 0 Å². The lowest BCUT2D eigenvalue weighted by Gasteiger charge is -2.30. The third-order valence-electron chi connectivity index (χ3n) is 5.89. The summed E-state index contributed by atoms with van der Waals surface area (Å²) in [6.07, 6.45) is 3.27. The van der Waals surface area contributed by atoms with E-state index < -0.39 is 10.0 Å². The van der Waals surface area contributed by atoms with Gasteiger partial charge in [-0.3, -0.25) is 9.36 Å². The summed E-state index contributed by atoms with van der Waals surface area (Å²) >= 11 is 7.00. The third-order valence-corrected chi connectivity index (χ3v) is 8.54. The molecule has 2 heterocycles. The van der Waals surface area contributed by atoms with E-state index in [0.717, 1.165) is 48.5 Å². The van der Waals surface area contributed by atoms with Gasteiger partial charge in [0.1, 0.15) is 0 Å². The maximum absolute atomic E-state index is 12.8. The van der Waals surface area contributed by atoms with E-state index in [1.807, 2.05) is 12.1 Å². The van der Waals surface area contributed by atoms with Crippen molar-refractivity contribution < 1.29 is 8.42 Å². The van der Waals surface area contributed by atoms with Crippen LogP contribution >= 0.6 is 22.9 Å². The first-order valence-corrected chi connectivity index (χ1v) is 13.6. The zero-order valence-electron chi connectivity index (χ0n) is 18.1. The van der Waals surface area contributed by atoms with E-state index in [0.29, 0.717) is 28.7 Å². The van der Waals surface area contributed by atoms with Crippen LogP contribution in [0.4, 0.5) is 0 Å². The molecule has 0 unspecified atom stereocenters. The largest absolute Gasteiger partial charge is 0.308 e. The molecule has 9 heteroatoms. The second kappa shape index (κ2) is 10.1. The molecule has 3 aromatic rings. The normalized spacial score (nSPS) is 17.8. The van der Waals surface area contributed by atoms with E-state index in [2.05, 4.69) is 16.5 Å². The molecule has 2 aromatic carbocycles. The number of likely N-dealkylation sites (tertiary alicyclic amines) is 1. The number of hydrogen-bond donors (Lipinski definition) is 1. The van der Waals surface area contributed by atoms with Crippen molar-refractivity contribution >= 4 is 43.2 Å². The molecule has 0 spiro atoms. The first kappa shape index (κ1) is 23.4. The number of piperidine rings is 1. The summed E-state index contributed by atoms with van der Waals surface area (Å²) in [5, 5.41) is 0.643. The van der Waals surface area contributed by atoms with Gasteiger partial charge >= 0.3 is 4.87 Å². The van der Waals surface area contributed by atoms with E-state index in [9.17, 15) is 13.2 Å². The highest BCUT2D eigenvalue weighted by molar-refractivity contribution is 7.89. The SMILES string of the molecule is C[C@@H]1CCCN(CCCNS(=O)(=O)c2ccc3c(c2)sc(=O)n3Cc2ccc(Cl)cc2)C1. The monoisotopic (exact) mass is 493 g/mol. The Morgan fingerprint density at radius 1 is 1.19 bits per heavy atom. The predicted octanol–water partition coefficient (Wildman–Crippen LogP) is 4.17. The van der Waals surface area contributed by atoms with Gasteiger partial charge in [-0.05, 0) is 74.2 Å². The molecule has 1 aliphatic heterocycles. The number of nitrogens with zero attached hydrogens (tertiary/aromatic N) is 2. The fourth-order valence-corrected chi connectivity index (χ4v) is 6.45. The van der Waals surface area contributed by atoms with Crippen molar-refractivity contribution in [2.24, 2.45) is 5.92 Å². The molecule has 172 valence electrons. The fraction of sp³-hybridized carbons (Fsp3) is 0.435. The minimum atomic E-state index is -3.62. The van der Waals surface area contributed by atoms with E-state index in [4.69, 9.17) is 11.6 Å². The molecule has 1 N–H and O–H groups in total. The van der Waals surface area contributed by atoms with E-state index in [1.54, 1.807) is 34.9 Å². The molecule has 0 amide bonds. The Morgan fingerprint density at radius 3 is 2.72 bits per heavy atom. The van der Waals surface area contributed by atoms with Crippen molar-refractivity contribution in [2.75, 3.05) is 26.2 Å². The molecule has 1 aliphatic rings. The molecule has 0 bridgehead atoms. The Kier molecular flexibility index (Phi) is 7.37. The van der Waals surface area contributed by atoms with Crippen LogP contribution in [-0.4, -0.2) is 44.1 Å². The summed E-state index contributed by atoms with van der Waals surface area (Å²) < 4.78 is 30.6. The second-order valence-electron chi connectivity index (χ2n) is 8.51. The Morgan fingerprint density at radius 2 is 1.97 bits per heavy atom. The Labute approximate surface area is 197 Å². The van der Waals surface area contributed by atoms with E-state index >= 15 is 0 Å². The van der Waals surface area contributed by atoms with Gasteiger partial charge in [0.05, 0.1) is 21.7 Å². The number of fused-ring (bicyclic) bond motifs is 1. The van der Waals surface area contributed by atoms with Gasteiger partial charge in [-0.25, -0.2) is 13.1 Å². The highest BCUT2D eigenvalue weighted by Crippen LogP contribution is 2.23. The number of sulfonamides is 1. The van der Waals surface area contributed by atoms with Crippen molar-refractivity contribution in [1.29, 1.82) is 0 Å². The first-order chi connectivity index (χ1) is 15.3. The standard InChI is InChI=1S/C23H28ClN3O3S2/c1-17-4-2-12-26(15-17)13-3-11-25-32(29,30)20-9-10-21-22(14-20)31-23(28)27(21)16-18-5-7-19(24)8-6-18/h5-10,14,17,25H,2-4,11-13,15-16H2,1H3/t17-/m1/s1. The average molecular weight is 494 g/mol. The zero-order chi connectivity index (χ0) is 22.7. The molecule has 6 nitrogen and oxygen atoms in total. The number of hydrogen-bond acceptors (Lipinski definition) is 5. The molecule has 0 saturated carbocycles. The Balaban J connectivity index is 1.42. The Bertz CT molecular complexity index is 1240. The number of aromatic nitrogens is 1.